The molecule has 0 spiro atoms. The van der Waals surface area contributed by atoms with E-state index in [4.69, 9.17) is 16.3 Å². The van der Waals surface area contributed by atoms with E-state index in [-0.39, 0.29) is 11.3 Å². The predicted octanol–water partition coefficient (Wildman–Crippen LogP) is 5.19. The number of hydrogen-bond acceptors (Lipinski definition) is 6. The van der Waals surface area contributed by atoms with Crippen LogP contribution >= 0.6 is 22.9 Å². The standard InChI is InChI=1S/C18H18ClN3O2S/c1-5-24-17(23)14-11(4)13-15(21-18(19)22-16(13)25-14)20-12-7-9(2)6-10(3)8-12/h6-8H,5H2,1-4H3,(H,20,21,22). The van der Waals surface area contributed by atoms with Gasteiger partial charge in [-0.25, -0.2) is 9.78 Å². The number of aromatic nitrogens is 2. The highest BCUT2D eigenvalue weighted by molar-refractivity contribution is 7.20. The number of halogens is 1. The number of benzene rings is 1. The first kappa shape index (κ1) is 17.6. The Kier molecular flexibility index (Phi) is 4.92. The molecule has 5 nitrogen and oxygen atoms in total. The van der Waals surface area contributed by atoms with Gasteiger partial charge in [-0.3, -0.25) is 0 Å². The molecule has 0 amide bonds. The average molecular weight is 376 g/mol. The lowest BCUT2D eigenvalue weighted by atomic mass is 10.1. The zero-order valence-electron chi connectivity index (χ0n) is 14.4. The first-order chi connectivity index (χ1) is 11.9. The Morgan fingerprint density at radius 1 is 1.20 bits per heavy atom. The summed E-state index contributed by atoms with van der Waals surface area (Å²) in [7, 11) is 0. The third kappa shape index (κ3) is 3.60. The van der Waals surface area contributed by atoms with Crippen LogP contribution in [-0.4, -0.2) is 22.5 Å². The van der Waals surface area contributed by atoms with Crippen LogP contribution in [0.4, 0.5) is 11.5 Å². The first-order valence-corrected chi connectivity index (χ1v) is 9.07. The summed E-state index contributed by atoms with van der Waals surface area (Å²) in [5.41, 5.74) is 4.00. The van der Waals surface area contributed by atoms with E-state index in [9.17, 15) is 4.79 Å². The van der Waals surface area contributed by atoms with Crippen molar-refractivity contribution in [2.45, 2.75) is 27.7 Å². The molecule has 0 fully saturated rings. The van der Waals surface area contributed by atoms with Crippen molar-refractivity contribution in [2.75, 3.05) is 11.9 Å². The van der Waals surface area contributed by atoms with Gasteiger partial charge >= 0.3 is 5.97 Å². The molecular weight excluding hydrogens is 358 g/mol. The maximum Gasteiger partial charge on any atom is 0.348 e. The van der Waals surface area contributed by atoms with Gasteiger partial charge in [0, 0.05) is 5.69 Å². The van der Waals surface area contributed by atoms with Gasteiger partial charge in [-0.1, -0.05) is 6.07 Å². The fourth-order valence-electron chi connectivity index (χ4n) is 2.78. The Morgan fingerprint density at radius 2 is 1.88 bits per heavy atom. The summed E-state index contributed by atoms with van der Waals surface area (Å²) in [4.78, 5) is 21.9. The van der Waals surface area contributed by atoms with E-state index >= 15 is 0 Å². The molecular formula is C18H18ClN3O2S. The van der Waals surface area contributed by atoms with Crippen LogP contribution in [0.15, 0.2) is 18.2 Å². The number of nitrogens with zero attached hydrogens (tertiary/aromatic N) is 2. The van der Waals surface area contributed by atoms with E-state index in [1.165, 1.54) is 11.3 Å². The van der Waals surface area contributed by atoms with Crippen LogP contribution in [0.1, 0.15) is 33.3 Å². The van der Waals surface area contributed by atoms with E-state index < -0.39 is 0 Å². The number of carbonyl (C=O) groups excluding carboxylic acids is 1. The Labute approximate surface area is 155 Å². The van der Waals surface area contributed by atoms with E-state index in [0.717, 1.165) is 27.8 Å². The first-order valence-electron chi connectivity index (χ1n) is 7.88. The number of fused-ring (bicyclic) bond motifs is 1. The number of ether oxygens (including phenoxy) is 1. The lowest BCUT2D eigenvalue weighted by Gasteiger charge is -2.10. The Bertz CT molecular complexity index is 948. The van der Waals surface area contributed by atoms with Crippen molar-refractivity contribution in [3.8, 4) is 0 Å². The second-order valence-corrected chi connectivity index (χ2v) is 7.14. The molecule has 2 heterocycles. The minimum absolute atomic E-state index is 0.135. The number of rotatable bonds is 4. The number of thiophene rings is 1. The van der Waals surface area contributed by atoms with E-state index in [0.29, 0.717) is 22.1 Å². The maximum absolute atomic E-state index is 12.2. The highest BCUT2D eigenvalue weighted by Gasteiger charge is 2.21. The van der Waals surface area contributed by atoms with Gasteiger partial charge in [-0.15, -0.1) is 11.3 Å². The molecule has 1 N–H and O–H groups in total. The number of nitrogens with one attached hydrogen (secondary N) is 1. The molecule has 0 bridgehead atoms. The van der Waals surface area contributed by atoms with Gasteiger partial charge in [0.2, 0.25) is 5.28 Å². The summed E-state index contributed by atoms with van der Waals surface area (Å²) >= 11 is 7.35. The number of anilines is 2. The molecule has 2 aromatic heterocycles. The SMILES string of the molecule is CCOC(=O)c1sc2nc(Cl)nc(Nc3cc(C)cc(C)c3)c2c1C. The molecule has 0 aliphatic carbocycles. The van der Waals surface area contributed by atoms with Gasteiger partial charge in [0.05, 0.1) is 12.0 Å². The molecule has 0 radical (unpaired) electrons. The minimum Gasteiger partial charge on any atom is -0.462 e. The van der Waals surface area contributed by atoms with Crippen LogP contribution in [0, 0.1) is 20.8 Å². The highest BCUT2D eigenvalue weighted by atomic mass is 35.5. The molecule has 130 valence electrons. The zero-order chi connectivity index (χ0) is 18.1. The summed E-state index contributed by atoms with van der Waals surface area (Å²) in [6, 6.07) is 6.16. The van der Waals surface area contributed by atoms with Crippen molar-refractivity contribution in [3.05, 3.63) is 45.1 Å². The van der Waals surface area contributed by atoms with Crippen LogP contribution < -0.4 is 5.32 Å². The van der Waals surface area contributed by atoms with Gasteiger partial charge in [0.25, 0.3) is 0 Å². The fraction of sp³-hybridized carbons (Fsp3) is 0.278. The topological polar surface area (TPSA) is 64.1 Å². The van der Waals surface area contributed by atoms with Gasteiger partial charge < -0.3 is 10.1 Å². The fourth-order valence-corrected chi connectivity index (χ4v) is 4.07. The van der Waals surface area contributed by atoms with Gasteiger partial charge in [-0.05, 0) is 68.1 Å². The van der Waals surface area contributed by atoms with Crippen molar-refractivity contribution in [2.24, 2.45) is 0 Å². The molecule has 0 saturated carbocycles. The number of esters is 1. The van der Waals surface area contributed by atoms with Crippen molar-refractivity contribution in [1.82, 2.24) is 9.97 Å². The lowest BCUT2D eigenvalue weighted by Crippen LogP contribution is -2.03. The van der Waals surface area contributed by atoms with Crippen molar-refractivity contribution in [3.63, 3.8) is 0 Å². The third-order valence-corrected chi connectivity index (χ3v) is 5.04. The molecule has 25 heavy (non-hydrogen) atoms. The normalized spacial score (nSPS) is 10.9. The number of carbonyl (C=O) groups is 1. The quantitative estimate of drug-likeness (QED) is 0.502. The Hall–Kier alpha value is -2.18. The number of hydrogen-bond donors (Lipinski definition) is 1. The summed E-state index contributed by atoms with van der Waals surface area (Å²) in [5, 5.41) is 4.24. The smallest absolute Gasteiger partial charge is 0.348 e. The van der Waals surface area contributed by atoms with Crippen molar-refractivity contribution in [1.29, 1.82) is 0 Å². The van der Waals surface area contributed by atoms with Crippen LogP contribution in [0.25, 0.3) is 10.2 Å². The van der Waals surface area contributed by atoms with Gasteiger partial charge in [-0.2, -0.15) is 4.98 Å². The van der Waals surface area contributed by atoms with Crippen molar-refractivity contribution >= 4 is 50.6 Å². The highest BCUT2D eigenvalue weighted by Crippen LogP contribution is 2.36. The molecule has 3 rings (SSSR count). The van der Waals surface area contributed by atoms with Crippen LogP contribution in [0.5, 0.6) is 0 Å². The van der Waals surface area contributed by atoms with Crippen LogP contribution in [-0.2, 0) is 4.74 Å². The summed E-state index contributed by atoms with van der Waals surface area (Å²) < 4.78 is 5.13. The summed E-state index contributed by atoms with van der Waals surface area (Å²) in [6.07, 6.45) is 0. The molecule has 1 aromatic carbocycles. The summed E-state index contributed by atoms with van der Waals surface area (Å²) in [6.45, 7) is 8.05. The Balaban J connectivity index is 2.12. The van der Waals surface area contributed by atoms with E-state index in [1.54, 1.807) is 6.92 Å². The van der Waals surface area contributed by atoms with Gasteiger partial charge in [0.1, 0.15) is 15.5 Å². The minimum atomic E-state index is -0.350. The lowest BCUT2D eigenvalue weighted by molar-refractivity contribution is 0.0531. The molecule has 0 saturated heterocycles. The molecule has 3 aromatic rings. The predicted molar refractivity (Wildman–Crippen MR) is 102 cm³/mol. The van der Waals surface area contributed by atoms with Gasteiger partial charge in [0.15, 0.2) is 0 Å². The molecule has 0 atom stereocenters. The molecule has 7 heteroatoms. The third-order valence-electron chi connectivity index (χ3n) is 3.71. The van der Waals surface area contributed by atoms with Crippen LogP contribution in [0.2, 0.25) is 5.28 Å². The molecule has 0 aliphatic rings. The number of aryl methyl sites for hydroxylation is 3. The van der Waals surface area contributed by atoms with Crippen molar-refractivity contribution < 1.29 is 9.53 Å². The van der Waals surface area contributed by atoms with Crippen LogP contribution in [0.3, 0.4) is 0 Å². The zero-order valence-corrected chi connectivity index (χ0v) is 16.0. The largest absolute Gasteiger partial charge is 0.462 e. The average Bonchev–Trinajstić information content (AvgIpc) is 2.83. The Morgan fingerprint density at radius 3 is 2.52 bits per heavy atom. The van der Waals surface area contributed by atoms with E-state index in [2.05, 4.69) is 21.4 Å². The monoisotopic (exact) mass is 375 g/mol. The maximum atomic E-state index is 12.2. The van der Waals surface area contributed by atoms with E-state index in [1.807, 2.05) is 32.9 Å². The second kappa shape index (κ2) is 6.98. The molecule has 0 aliphatic heterocycles. The second-order valence-electron chi connectivity index (χ2n) is 5.80. The molecule has 0 unspecified atom stereocenters. The summed E-state index contributed by atoms with van der Waals surface area (Å²) in [5.74, 6) is 0.237.